The van der Waals surface area contributed by atoms with Crippen LogP contribution in [0.4, 0.5) is 13.2 Å². The third-order valence-electron chi connectivity index (χ3n) is 5.33. The van der Waals surface area contributed by atoms with E-state index in [1.807, 2.05) is 12.1 Å². The number of hydrogen-bond donors (Lipinski definition) is 0. The number of rotatable bonds is 4. The molecule has 0 radical (unpaired) electrons. The lowest BCUT2D eigenvalue weighted by molar-refractivity contribution is -0.141. The summed E-state index contributed by atoms with van der Waals surface area (Å²) in [6.45, 7) is -0.0675. The first kappa shape index (κ1) is 23.1. The highest BCUT2D eigenvalue weighted by Crippen LogP contribution is 2.34. The monoisotopic (exact) mass is 515 g/mol. The van der Waals surface area contributed by atoms with Gasteiger partial charge >= 0.3 is 11.9 Å². The fourth-order valence-corrected chi connectivity index (χ4v) is 3.90. The van der Waals surface area contributed by atoms with Crippen LogP contribution in [-0.2, 0) is 12.7 Å². The van der Waals surface area contributed by atoms with E-state index in [2.05, 4.69) is 15.1 Å². The third kappa shape index (κ3) is 4.52. The Morgan fingerprint density at radius 1 is 0.829 bits per heavy atom. The van der Waals surface area contributed by atoms with Gasteiger partial charge in [-0.25, -0.2) is 18.9 Å². The number of alkyl halides is 3. The van der Waals surface area contributed by atoms with Crippen LogP contribution >= 0.6 is 23.2 Å². The van der Waals surface area contributed by atoms with E-state index in [4.69, 9.17) is 23.2 Å². The van der Waals surface area contributed by atoms with Crippen molar-refractivity contribution in [2.45, 2.75) is 12.7 Å². The van der Waals surface area contributed by atoms with E-state index in [0.29, 0.717) is 32.5 Å². The zero-order chi connectivity index (χ0) is 24.7. The predicted molar refractivity (Wildman–Crippen MR) is 126 cm³/mol. The molecule has 5 aromatic rings. The molecule has 11 heteroatoms. The molecule has 5 rings (SSSR count). The van der Waals surface area contributed by atoms with Crippen molar-refractivity contribution in [2.24, 2.45) is 0 Å². The van der Waals surface area contributed by atoms with Gasteiger partial charge in [0.2, 0.25) is 0 Å². The minimum atomic E-state index is -4.55. The molecular formula is C24H14Cl2F3N5O. The molecule has 0 amide bonds. The molecule has 35 heavy (non-hydrogen) atoms. The van der Waals surface area contributed by atoms with E-state index in [1.165, 1.54) is 16.8 Å². The maximum Gasteiger partial charge on any atom is 0.433 e. The van der Waals surface area contributed by atoms with Crippen molar-refractivity contribution in [3.63, 3.8) is 0 Å². The first-order chi connectivity index (χ1) is 16.7. The molecule has 3 aromatic heterocycles. The minimum Gasteiger partial charge on any atom is -0.251 e. The van der Waals surface area contributed by atoms with Gasteiger partial charge in [-0.3, -0.25) is 4.98 Å². The van der Waals surface area contributed by atoms with Gasteiger partial charge in [0.05, 0.1) is 17.8 Å². The summed E-state index contributed by atoms with van der Waals surface area (Å²) in [6, 6.07) is 16.2. The Morgan fingerprint density at radius 2 is 1.46 bits per heavy atom. The van der Waals surface area contributed by atoms with Gasteiger partial charge in [0.25, 0.3) is 0 Å². The number of pyridine rings is 1. The summed E-state index contributed by atoms with van der Waals surface area (Å²) in [5, 5.41) is 5.60. The van der Waals surface area contributed by atoms with E-state index >= 15 is 0 Å². The summed E-state index contributed by atoms with van der Waals surface area (Å²) < 4.78 is 40.9. The predicted octanol–water partition coefficient (Wildman–Crippen LogP) is 5.99. The Bertz CT molecular complexity index is 1580. The summed E-state index contributed by atoms with van der Waals surface area (Å²) in [5.74, 6) is 0. The smallest absolute Gasteiger partial charge is 0.251 e. The number of aromatic nitrogens is 5. The lowest BCUT2D eigenvalue weighted by Gasteiger charge is -2.10. The largest absolute Gasteiger partial charge is 0.433 e. The quantitative estimate of drug-likeness (QED) is 0.294. The van der Waals surface area contributed by atoms with Crippen molar-refractivity contribution in [3.05, 3.63) is 105 Å². The summed E-state index contributed by atoms with van der Waals surface area (Å²) in [6.07, 6.45) is -2.10. The molecule has 3 heterocycles. The number of fused-ring (bicyclic) bond motifs is 1. The standard InChI is InChI=1S/C24H14Cl2F3N5O/c25-17-6-2-15(3-7-17)20-21(16-4-8-18(26)9-5-16)31-13-33-22(20)32-34(23(33)35)12-14-1-10-19(30-11-14)24(27,28)29/h1-11,13H,12H2. The van der Waals surface area contributed by atoms with Gasteiger partial charge in [0, 0.05) is 21.8 Å². The maximum atomic E-state index is 13.1. The fraction of sp³-hybridized carbons (Fsp3) is 0.0833. The fourth-order valence-electron chi connectivity index (χ4n) is 3.65. The van der Waals surface area contributed by atoms with E-state index in [1.54, 1.807) is 36.4 Å². The molecular weight excluding hydrogens is 502 g/mol. The zero-order valence-electron chi connectivity index (χ0n) is 17.7. The molecule has 0 atom stereocenters. The van der Waals surface area contributed by atoms with Crippen LogP contribution in [0.2, 0.25) is 10.0 Å². The Hall–Kier alpha value is -3.69. The highest BCUT2D eigenvalue weighted by Gasteiger charge is 2.32. The molecule has 0 aliphatic heterocycles. The molecule has 0 saturated heterocycles. The van der Waals surface area contributed by atoms with Crippen molar-refractivity contribution in [1.29, 1.82) is 0 Å². The Kier molecular flexibility index (Phi) is 5.82. The van der Waals surface area contributed by atoms with E-state index < -0.39 is 17.6 Å². The highest BCUT2D eigenvalue weighted by atomic mass is 35.5. The first-order valence-electron chi connectivity index (χ1n) is 10.2. The van der Waals surface area contributed by atoms with Gasteiger partial charge in [0.15, 0.2) is 5.65 Å². The van der Waals surface area contributed by atoms with Crippen LogP contribution < -0.4 is 5.69 Å². The second-order valence-corrected chi connectivity index (χ2v) is 8.54. The van der Waals surface area contributed by atoms with Gasteiger partial charge in [-0.05, 0) is 41.5 Å². The number of benzene rings is 2. The van der Waals surface area contributed by atoms with Crippen molar-refractivity contribution in [3.8, 4) is 22.4 Å². The number of nitrogens with zero attached hydrogens (tertiary/aromatic N) is 5. The maximum absolute atomic E-state index is 13.1. The second-order valence-electron chi connectivity index (χ2n) is 7.67. The average molecular weight is 516 g/mol. The van der Waals surface area contributed by atoms with Crippen molar-refractivity contribution in [2.75, 3.05) is 0 Å². The molecule has 6 nitrogen and oxygen atoms in total. The summed E-state index contributed by atoms with van der Waals surface area (Å²) in [5.41, 5.74) is 1.87. The van der Waals surface area contributed by atoms with E-state index in [0.717, 1.165) is 28.1 Å². The lowest BCUT2D eigenvalue weighted by Crippen LogP contribution is -2.22. The van der Waals surface area contributed by atoms with Gasteiger partial charge in [-0.15, -0.1) is 5.10 Å². The molecule has 0 aliphatic rings. The molecule has 0 unspecified atom stereocenters. The number of hydrogen-bond acceptors (Lipinski definition) is 4. The molecule has 176 valence electrons. The Balaban J connectivity index is 1.66. The van der Waals surface area contributed by atoms with Crippen LogP contribution in [0.1, 0.15) is 11.3 Å². The van der Waals surface area contributed by atoms with Crippen LogP contribution in [0, 0.1) is 0 Å². The molecule has 0 bridgehead atoms. The van der Waals surface area contributed by atoms with Crippen LogP contribution in [-0.4, -0.2) is 24.1 Å². The van der Waals surface area contributed by atoms with Crippen molar-refractivity contribution < 1.29 is 13.2 Å². The van der Waals surface area contributed by atoms with E-state index in [-0.39, 0.29) is 6.54 Å². The van der Waals surface area contributed by atoms with Gasteiger partial charge in [0.1, 0.15) is 12.0 Å². The Labute approximate surface area is 206 Å². The first-order valence-corrected chi connectivity index (χ1v) is 11.0. The molecule has 0 saturated carbocycles. The zero-order valence-corrected chi connectivity index (χ0v) is 19.2. The second kappa shape index (κ2) is 8.83. The highest BCUT2D eigenvalue weighted by molar-refractivity contribution is 6.31. The minimum absolute atomic E-state index is 0.0675. The molecule has 0 aliphatic carbocycles. The molecule has 0 fully saturated rings. The van der Waals surface area contributed by atoms with Crippen molar-refractivity contribution >= 4 is 28.8 Å². The van der Waals surface area contributed by atoms with E-state index in [9.17, 15) is 18.0 Å². The van der Waals surface area contributed by atoms with Crippen molar-refractivity contribution in [1.82, 2.24) is 24.1 Å². The van der Waals surface area contributed by atoms with Crippen LogP contribution in [0.15, 0.2) is 78.0 Å². The van der Waals surface area contributed by atoms with Gasteiger partial charge < -0.3 is 0 Å². The topological polar surface area (TPSA) is 65.1 Å². The van der Waals surface area contributed by atoms with Gasteiger partial charge in [-0.2, -0.15) is 13.2 Å². The lowest BCUT2D eigenvalue weighted by atomic mass is 10.0. The summed E-state index contributed by atoms with van der Waals surface area (Å²) >= 11 is 12.1. The number of halogens is 5. The summed E-state index contributed by atoms with van der Waals surface area (Å²) in [7, 11) is 0. The van der Waals surface area contributed by atoms with Crippen LogP contribution in [0.3, 0.4) is 0 Å². The average Bonchev–Trinajstić information content (AvgIpc) is 3.14. The normalized spacial score (nSPS) is 11.8. The van der Waals surface area contributed by atoms with Crippen LogP contribution in [0.5, 0.6) is 0 Å². The molecule has 0 N–H and O–H groups in total. The van der Waals surface area contributed by atoms with Gasteiger partial charge in [-0.1, -0.05) is 53.5 Å². The summed E-state index contributed by atoms with van der Waals surface area (Å²) in [4.78, 5) is 21.0. The van der Waals surface area contributed by atoms with Crippen LogP contribution in [0.25, 0.3) is 28.0 Å². The molecule has 2 aromatic carbocycles. The SMILES string of the molecule is O=c1n(Cc2ccc(C(F)(F)F)nc2)nc2c(-c3ccc(Cl)cc3)c(-c3ccc(Cl)cc3)ncn12. The third-order valence-corrected chi connectivity index (χ3v) is 5.84. The molecule has 0 spiro atoms. The Morgan fingerprint density at radius 3 is 2.03 bits per heavy atom.